The van der Waals surface area contributed by atoms with Gasteiger partial charge in [0.2, 0.25) is 0 Å². The lowest BCUT2D eigenvalue weighted by molar-refractivity contribution is 0.112. The van der Waals surface area contributed by atoms with E-state index in [-0.39, 0.29) is 0 Å². The van der Waals surface area contributed by atoms with Crippen LogP contribution in [-0.4, -0.2) is 6.29 Å². The van der Waals surface area contributed by atoms with Gasteiger partial charge in [-0.25, -0.2) is 0 Å². The van der Waals surface area contributed by atoms with Crippen LogP contribution in [0.1, 0.15) is 10.4 Å². The summed E-state index contributed by atoms with van der Waals surface area (Å²) in [5.41, 5.74) is 3.89. The lowest BCUT2D eigenvalue weighted by atomic mass is 10.1. The molecule has 0 aliphatic carbocycles. The molecule has 4 rings (SSSR count). The average Bonchev–Trinajstić information content (AvgIpc) is 2.70. The molecule has 0 aliphatic rings. The van der Waals surface area contributed by atoms with Crippen molar-refractivity contribution in [3.8, 4) is 0 Å². The maximum Gasteiger partial charge on any atom is 0.150 e. The standard InChI is InChI=1S/C23H17NO/c25-17-18-13-15-21(16-14-18)24(20-9-2-1-3-10-20)23-12-6-8-19-7-4-5-11-22(19)23/h1-17H. The monoisotopic (exact) mass is 323 g/mol. The highest BCUT2D eigenvalue weighted by Crippen LogP contribution is 2.38. The van der Waals surface area contributed by atoms with Gasteiger partial charge in [0, 0.05) is 22.3 Å². The molecule has 2 nitrogen and oxygen atoms in total. The molecule has 0 saturated heterocycles. The minimum atomic E-state index is 0.676. The van der Waals surface area contributed by atoms with Gasteiger partial charge in [0.15, 0.2) is 0 Å². The number of aldehydes is 1. The van der Waals surface area contributed by atoms with Gasteiger partial charge in [0.05, 0.1) is 5.69 Å². The van der Waals surface area contributed by atoms with Crippen molar-refractivity contribution < 1.29 is 4.79 Å². The molecule has 0 spiro atoms. The first kappa shape index (κ1) is 15.2. The zero-order chi connectivity index (χ0) is 17.1. The van der Waals surface area contributed by atoms with Crippen molar-refractivity contribution in [1.82, 2.24) is 0 Å². The van der Waals surface area contributed by atoms with Crippen molar-refractivity contribution in [2.24, 2.45) is 0 Å². The van der Waals surface area contributed by atoms with Crippen molar-refractivity contribution in [2.75, 3.05) is 4.90 Å². The topological polar surface area (TPSA) is 20.3 Å². The SMILES string of the molecule is O=Cc1ccc(N(c2ccccc2)c2cccc3ccccc23)cc1. The van der Waals surface area contributed by atoms with Crippen molar-refractivity contribution >= 4 is 34.1 Å². The second-order valence-corrected chi connectivity index (χ2v) is 5.88. The van der Waals surface area contributed by atoms with Gasteiger partial charge in [-0.1, -0.05) is 54.6 Å². The molecular formula is C23H17NO. The first-order chi connectivity index (χ1) is 12.4. The van der Waals surface area contributed by atoms with E-state index in [0.29, 0.717) is 5.56 Å². The zero-order valence-corrected chi connectivity index (χ0v) is 13.7. The lowest BCUT2D eigenvalue weighted by Gasteiger charge is -2.26. The normalized spacial score (nSPS) is 10.6. The van der Waals surface area contributed by atoms with Gasteiger partial charge in [-0.2, -0.15) is 0 Å². The van der Waals surface area contributed by atoms with Crippen LogP contribution in [0.3, 0.4) is 0 Å². The molecule has 0 radical (unpaired) electrons. The number of hydrogen-bond donors (Lipinski definition) is 0. The highest BCUT2D eigenvalue weighted by molar-refractivity contribution is 5.98. The van der Waals surface area contributed by atoms with E-state index in [9.17, 15) is 4.79 Å². The summed E-state index contributed by atoms with van der Waals surface area (Å²) in [6.07, 6.45) is 0.870. The van der Waals surface area contributed by atoms with E-state index in [1.165, 1.54) is 10.8 Å². The van der Waals surface area contributed by atoms with Crippen molar-refractivity contribution in [1.29, 1.82) is 0 Å². The van der Waals surface area contributed by atoms with E-state index < -0.39 is 0 Å². The van der Waals surface area contributed by atoms with Gasteiger partial charge in [-0.15, -0.1) is 0 Å². The highest BCUT2D eigenvalue weighted by atomic mass is 16.1. The van der Waals surface area contributed by atoms with E-state index in [2.05, 4.69) is 59.5 Å². The molecule has 2 heteroatoms. The second kappa shape index (κ2) is 6.62. The molecule has 4 aromatic rings. The van der Waals surface area contributed by atoms with E-state index in [0.717, 1.165) is 23.3 Å². The Kier molecular flexibility index (Phi) is 4.01. The summed E-state index contributed by atoms with van der Waals surface area (Å²) in [6, 6.07) is 32.6. The highest BCUT2D eigenvalue weighted by Gasteiger charge is 2.14. The number of fused-ring (bicyclic) bond motifs is 1. The van der Waals surface area contributed by atoms with Crippen LogP contribution in [0.25, 0.3) is 10.8 Å². The first-order valence-electron chi connectivity index (χ1n) is 8.25. The fourth-order valence-electron chi connectivity index (χ4n) is 3.11. The Labute approximate surface area is 147 Å². The molecule has 0 N–H and O–H groups in total. The zero-order valence-electron chi connectivity index (χ0n) is 13.7. The Balaban J connectivity index is 1.95. The van der Waals surface area contributed by atoms with E-state index in [4.69, 9.17) is 0 Å². The molecule has 120 valence electrons. The van der Waals surface area contributed by atoms with Crippen LogP contribution in [-0.2, 0) is 0 Å². The minimum absolute atomic E-state index is 0.676. The van der Waals surface area contributed by atoms with Crippen LogP contribution >= 0.6 is 0 Å². The fourth-order valence-corrected chi connectivity index (χ4v) is 3.11. The fraction of sp³-hybridized carbons (Fsp3) is 0. The molecule has 0 unspecified atom stereocenters. The van der Waals surface area contributed by atoms with Gasteiger partial charge >= 0.3 is 0 Å². The smallest absolute Gasteiger partial charge is 0.150 e. The maximum absolute atomic E-state index is 11.0. The summed E-state index contributed by atoms with van der Waals surface area (Å²) in [6.45, 7) is 0. The second-order valence-electron chi connectivity index (χ2n) is 5.88. The maximum atomic E-state index is 11.0. The van der Waals surface area contributed by atoms with E-state index in [1.54, 1.807) is 0 Å². The first-order valence-corrected chi connectivity index (χ1v) is 8.25. The van der Waals surface area contributed by atoms with Crippen LogP contribution in [0.2, 0.25) is 0 Å². The molecule has 0 saturated carbocycles. The number of carbonyl (C=O) groups excluding carboxylic acids is 1. The molecule has 25 heavy (non-hydrogen) atoms. The molecule has 0 aromatic heterocycles. The van der Waals surface area contributed by atoms with Gasteiger partial charge in [0.1, 0.15) is 6.29 Å². The van der Waals surface area contributed by atoms with Gasteiger partial charge < -0.3 is 4.90 Å². The van der Waals surface area contributed by atoms with Crippen LogP contribution < -0.4 is 4.90 Å². The number of benzene rings is 4. The summed E-state index contributed by atoms with van der Waals surface area (Å²) >= 11 is 0. The Morgan fingerprint density at radius 2 is 1.24 bits per heavy atom. The Bertz CT molecular complexity index is 1000. The largest absolute Gasteiger partial charge is 0.310 e. The summed E-state index contributed by atoms with van der Waals surface area (Å²) < 4.78 is 0. The van der Waals surface area contributed by atoms with Crippen LogP contribution in [0.15, 0.2) is 97.1 Å². The number of carbonyl (C=O) groups is 1. The predicted molar refractivity (Wildman–Crippen MR) is 104 cm³/mol. The summed E-state index contributed by atoms with van der Waals surface area (Å²) in [7, 11) is 0. The Morgan fingerprint density at radius 3 is 2.00 bits per heavy atom. The molecule has 0 amide bonds. The molecular weight excluding hydrogens is 306 g/mol. The third-order valence-electron chi connectivity index (χ3n) is 4.31. The van der Waals surface area contributed by atoms with Gasteiger partial charge in [0.25, 0.3) is 0 Å². The van der Waals surface area contributed by atoms with Crippen molar-refractivity contribution in [2.45, 2.75) is 0 Å². The predicted octanol–water partition coefficient (Wildman–Crippen LogP) is 6.12. The third kappa shape index (κ3) is 2.90. The molecule has 4 aromatic carbocycles. The van der Waals surface area contributed by atoms with Gasteiger partial charge in [-0.05, 0) is 47.9 Å². The summed E-state index contributed by atoms with van der Waals surface area (Å²) in [5, 5.41) is 2.39. The van der Waals surface area contributed by atoms with Gasteiger partial charge in [-0.3, -0.25) is 4.79 Å². The summed E-state index contributed by atoms with van der Waals surface area (Å²) in [4.78, 5) is 13.2. The van der Waals surface area contributed by atoms with Crippen LogP contribution in [0.5, 0.6) is 0 Å². The summed E-state index contributed by atoms with van der Waals surface area (Å²) in [5.74, 6) is 0. The van der Waals surface area contributed by atoms with Crippen molar-refractivity contribution in [3.63, 3.8) is 0 Å². The Hall–Kier alpha value is -3.39. The van der Waals surface area contributed by atoms with Crippen molar-refractivity contribution in [3.05, 3.63) is 103 Å². The minimum Gasteiger partial charge on any atom is -0.310 e. The third-order valence-corrected chi connectivity index (χ3v) is 4.31. The molecule has 0 heterocycles. The van der Waals surface area contributed by atoms with Crippen LogP contribution in [0.4, 0.5) is 17.1 Å². The molecule has 0 atom stereocenters. The number of rotatable bonds is 4. The van der Waals surface area contributed by atoms with E-state index in [1.807, 2.05) is 42.5 Å². The quantitative estimate of drug-likeness (QED) is 0.421. The van der Waals surface area contributed by atoms with Crippen LogP contribution in [0, 0.1) is 0 Å². The lowest BCUT2D eigenvalue weighted by Crippen LogP contribution is -2.10. The molecule has 0 aliphatic heterocycles. The molecule has 0 bridgehead atoms. The number of para-hydroxylation sites is 1. The molecule has 0 fully saturated rings. The number of anilines is 3. The Morgan fingerprint density at radius 1 is 0.600 bits per heavy atom. The average molecular weight is 323 g/mol. The number of hydrogen-bond acceptors (Lipinski definition) is 2. The van der Waals surface area contributed by atoms with E-state index >= 15 is 0 Å². The number of nitrogens with zero attached hydrogens (tertiary/aromatic N) is 1.